The summed E-state index contributed by atoms with van der Waals surface area (Å²) in [6.45, 7) is 6.02. The van der Waals surface area contributed by atoms with Gasteiger partial charge < -0.3 is 14.4 Å². The summed E-state index contributed by atoms with van der Waals surface area (Å²) in [4.78, 5) is 60.3. The summed E-state index contributed by atoms with van der Waals surface area (Å²) >= 11 is 0. The van der Waals surface area contributed by atoms with E-state index in [9.17, 15) is 19.2 Å². The van der Waals surface area contributed by atoms with Gasteiger partial charge in [0.15, 0.2) is 0 Å². The van der Waals surface area contributed by atoms with Crippen molar-refractivity contribution in [3.05, 3.63) is 82.1 Å². The fraction of sp³-hybridized carbons (Fsp3) is 0.387. The molecule has 0 spiro atoms. The molecule has 0 N–H and O–H groups in total. The highest BCUT2D eigenvalue weighted by Gasteiger charge is 2.44. The van der Waals surface area contributed by atoms with E-state index < -0.39 is 35.6 Å². The molecule has 0 saturated heterocycles. The first kappa shape index (κ1) is 28.9. The maximum atomic E-state index is 13.6. The quantitative estimate of drug-likeness (QED) is 0.331. The number of rotatable bonds is 10. The Morgan fingerprint density at radius 1 is 0.975 bits per heavy atom. The highest BCUT2D eigenvalue weighted by molar-refractivity contribution is 6.21. The fourth-order valence-electron chi connectivity index (χ4n) is 5.23. The lowest BCUT2D eigenvalue weighted by atomic mass is 9.74. The van der Waals surface area contributed by atoms with Crippen LogP contribution in [-0.4, -0.2) is 79.7 Å². The lowest BCUT2D eigenvalue weighted by Crippen LogP contribution is -2.39. The lowest BCUT2D eigenvalue weighted by Gasteiger charge is -2.33. The van der Waals surface area contributed by atoms with E-state index in [0.29, 0.717) is 35.5 Å². The number of aliphatic imine (C=N–C) groups is 1. The number of ether oxygens (including phenoxy) is 2. The van der Waals surface area contributed by atoms with Gasteiger partial charge in [0.1, 0.15) is 12.5 Å². The zero-order chi connectivity index (χ0) is 29.0. The molecular formula is C31H35N3O6. The number of hydrogen-bond donors (Lipinski definition) is 0. The molecule has 0 aromatic heterocycles. The number of esters is 2. The molecule has 2 aromatic carbocycles. The van der Waals surface area contributed by atoms with Crippen LogP contribution >= 0.6 is 0 Å². The Morgan fingerprint density at radius 2 is 1.65 bits per heavy atom. The average Bonchev–Trinajstić information content (AvgIpc) is 3.16. The van der Waals surface area contributed by atoms with Gasteiger partial charge in [0.2, 0.25) is 0 Å². The molecule has 2 aliphatic heterocycles. The topological polar surface area (TPSA) is 106 Å². The van der Waals surface area contributed by atoms with Gasteiger partial charge >= 0.3 is 11.9 Å². The number of imide groups is 1. The van der Waals surface area contributed by atoms with Crippen LogP contribution in [0.2, 0.25) is 0 Å². The van der Waals surface area contributed by atoms with Gasteiger partial charge in [0.05, 0.1) is 29.9 Å². The van der Waals surface area contributed by atoms with Gasteiger partial charge in [-0.2, -0.15) is 0 Å². The second-order valence-electron chi connectivity index (χ2n) is 10.2. The summed E-state index contributed by atoms with van der Waals surface area (Å²) in [5.74, 6) is -3.40. The molecule has 0 aliphatic carbocycles. The first-order valence-corrected chi connectivity index (χ1v) is 13.4. The van der Waals surface area contributed by atoms with Crippen molar-refractivity contribution in [1.82, 2.24) is 9.80 Å². The third kappa shape index (κ3) is 5.89. The van der Waals surface area contributed by atoms with Crippen molar-refractivity contribution < 1.29 is 28.7 Å². The van der Waals surface area contributed by atoms with Crippen molar-refractivity contribution in [2.45, 2.75) is 33.1 Å². The third-order valence-electron chi connectivity index (χ3n) is 7.11. The lowest BCUT2D eigenvalue weighted by molar-refractivity contribution is -0.146. The standard InChI is InChI=1S/C31H35N3O6/c1-6-39-31(38)27-24(14-15-33(4)5)32-20(3)25(26(27)21-11-9-10-19(2)18-21)30(37)40-17-16-34-28(35)22-12-7-8-13-23(22)29(34)36/h7-13,18,26-27H,6,14-17H2,1-5H3. The molecule has 0 bridgehead atoms. The van der Waals surface area contributed by atoms with Crippen LogP contribution in [0.5, 0.6) is 0 Å². The normalized spacial score (nSPS) is 18.6. The minimum Gasteiger partial charge on any atom is -0.465 e. The zero-order valence-electron chi connectivity index (χ0n) is 23.6. The van der Waals surface area contributed by atoms with Crippen molar-refractivity contribution in [3.63, 3.8) is 0 Å². The number of aryl methyl sites for hydroxylation is 1. The predicted octanol–water partition coefficient (Wildman–Crippen LogP) is 3.78. The van der Waals surface area contributed by atoms with E-state index >= 15 is 0 Å². The van der Waals surface area contributed by atoms with Crippen LogP contribution in [0, 0.1) is 12.8 Å². The summed E-state index contributed by atoms with van der Waals surface area (Å²) in [6.07, 6.45) is 0.526. The van der Waals surface area contributed by atoms with E-state index in [4.69, 9.17) is 14.5 Å². The van der Waals surface area contributed by atoms with Crippen molar-refractivity contribution >= 4 is 29.5 Å². The highest BCUT2D eigenvalue weighted by Crippen LogP contribution is 2.41. The number of fused-ring (bicyclic) bond motifs is 1. The molecule has 0 saturated carbocycles. The van der Waals surface area contributed by atoms with E-state index in [1.165, 1.54) is 0 Å². The van der Waals surface area contributed by atoms with Crippen LogP contribution in [0.25, 0.3) is 0 Å². The molecule has 2 atom stereocenters. The summed E-state index contributed by atoms with van der Waals surface area (Å²) in [7, 11) is 3.89. The van der Waals surface area contributed by atoms with Gasteiger partial charge in [-0.1, -0.05) is 42.0 Å². The highest BCUT2D eigenvalue weighted by atomic mass is 16.5. The first-order valence-electron chi connectivity index (χ1n) is 13.4. The number of allylic oxidation sites excluding steroid dienone is 1. The minimum atomic E-state index is -0.802. The molecule has 210 valence electrons. The molecule has 40 heavy (non-hydrogen) atoms. The summed E-state index contributed by atoms with van der Waals surface area (Å²) in [6, 6.07) is 14.3. The molecular weight excluding hydrogens is 510 g/mol. The number of nitrogens with zero attached hydrogens (tertiary/aromatic N) is 3. The molecule has 0 radical (unpaired) electrons. The van der Waals surface area contributed by atoms with E-state index in [1.807, 2.05) is 50.2 Å². The van der Waals surface area contributed by atoms with E-state index in [0.717, 1.165) is 16.0 Å². The van der Waals surface area contributed by atoms with Gasteiger partial charge in [-0.25, -0.2) is 4.79 Å². The Balaban J connectivity index is 1.63. The molecule has 2 heterocycles. The van der Waals surface area contributed by atoms with Gasteiger partial charge in [-0.3, -0.25) is 24.3 Å². The van der Waals surface area contributed by atoms with Crippen molar-refractivity contribution in [3.8, 4) is 0 Å². The predicted molar refractivity (Wildman–Crippen MR) is 150 cm³/mol. The van der Waals surface area contributed by atoms with E-state index in [1.54, 1.807) is 38.1 Å². The molecule has 0 fully saturated rings. The number of carbonyl (C=O) groups excluding carboxylic acids is 4. The van der Waals surface area contributed by atoms with E-state index in [-0.39, 0.29) is 25.3 Å². The van der Waals surface area contributed by atoms with Gasteiger partial charge in [-0.05, 0) is 59.0 Å². The second kappa shape index (κ2) is 12.4. The maximum Gasteiger partial charge on any atom is 0.336 e. The number of hydrogen-bond acceptors (Lipinski definition) is 8. The average molecular weight is 546 g/mol. The fourth-order valence-corrected chi connectivity index (χ4v) is 5.23. The van der Waals surface area contributed by atoms with Crippen LogP contribution in [0.3, 0.4) is 0 Å². The van der Waals surface area contributed by atoms with Gasteiger partial charge in [-0.15, -0.1) is 0 Å². The summed E-state index contributed by atoms with van der Waals surface area (Å²) in [5, 5.41) is 0. The smallest absolute Gasteiger partial charge is 0.336 e. The molecule has 2 aliphatic rings. The first-order chi connectivity index (χ1) is 19.1. The maximum absolute atomic E-state index is 13.6. The van der Waals surface area contributed by atoms with Crippen molar-refractivity contribution in [2.24, 2.45) is 10.9 Å². The zero-order valence-corrected chi connectivity index (χ0v) is 23.6. The summed E-state index contributed by atoms with van der Waals surface area (Å²) < 4.78 is 11.1. The van der Waals surface area contributed by atoms with E-state index in [2.05, 4.69) is 0 Å². The van der Waals surface area contributed by atoms with Gasteiger partial charge in [0.25, 0.3) is 11.8 Å². The molecule has 9 nitrogen and oxygen atoms in total. The van der Waals surface area contributed by atoms with Crippen LogP contribution in [-0.2, 0) is 19.1 Å². The van der Waals surface area contributed by atoms with Crippen molar-refractivity contribution in [2.75, 3.05) is 40.4 Å². The minimum absolute atomic E-state index is 0.0851. The molecule has 9 heteroatoms. The monoisotopic (exact) mass is 545 g/mol. The molecule has 2 amide bonds. The second-order valence-corrected chi connectivity index (χ2v) is 10.2. The SMILES string of the molecule is CCOC(=O)C1C(CCN(C)C)=NC(C)=C(C(=O)OCCN2C(=O)c3ccccc3C2=O)C1c1cccc(C)c1. The van der Waals surface area contributed by atoms with Crippen LogP contribution in [0.1, 0.15) is 58.0 Å². The largest absolute Gasteiger partial charge is 0.465 e. The Bertz CT molecular complexity index is 1360. The number of carbonyl (C=O) groups is 4. The molecule has 2 aromatic rings. The Morgan fingerprint density at radius 3 is 2.25 bits per heavy atom. The van der Waals surface area contributed by atoms with Crippen LogP contribution in [0.15, 0.2) is 64.8 Å². The molecule has 4 rings (SSSR count). The number of benzene rings is 2. The van der Waals surface area contributed by atoms with Crippen molar-refractivity contribution in [1.29, 1.82) is 0 Å². The Kier molecular flexibility index (Phi) is 8.94. The van der Waals surface area contributed by atoms with Crippen LogP contribution in [0.4, 0.5) is 0 Å². The molecule has 2 unspecified atom stereocenters. The Labute approximate surface area is 234 Å². The third-order valence-corrected chi connectivity index (χ3v) is 7.11. The van der Waals surface area contributed by atoms with Crippen LogP contribution < -0.4 is 0 Å². The van der Waals surface area contributed by atoms with Gasteiger partial charge in [0, 0.05) is 23.9 Å². The summed E-state index contributed by atoms with van der Waals surface area (Å²) in [5.41, 5.74) is 3.81. The number of amides is 2. The Hall–Kier alpha value is -4.11.